The molecule has 4 heteroatoms. The number of hydrogen-bond acceptors (Lipinski definition) is 3. The van der Waals surface area contributed by atoms with E-state index in [0.717, 1.165) is 42.5 Å². The zero-order valence-electron chi connectivity index (χ0n) is 10.7. The van der Waals surface area contributed by atoms with E-state index >= 15 is 0 Å². The Balaban J connectivity index is 1.88. The van der Waals surface area contributed by atoms with E-state index in [1.54, 1.807) is 7.11 Å². The summed E-state index contributed by atoms with van der Waals surface area (Å²) in [6, 6.07) is 3.99. The molecule has 0 saturated carbocycles. The molecule has 18 heavy (non-hydrogen) atoms. The Labute approximate surface area is 107 Å². The maximum atomic E-state index is 5.36. The molecule has 1 fully saturated rings. The van der Waals surface area contributed by atoms with Crippen LogP contribution in [-0.2, 0) is 6.42 Å². The second kappa shape index (κ2) is 4.98. The van der Waals surface area contributed by atoms with E-state index in [2.05, 4.69) is 20.9 Å². The quantitative estimate of drug-likeness (QED) is 0.897. The highest BCUT2D eigenvalue weighted by molar-refractivity contribution is 5.59. The van der Waals surface area contributed by atoms with E-state index in [1.165, 1.54) is 12.8 Å². The van der Waals surface area contributed by atoms with Gasteiger partial charge in [-0.05, 0) is 44.0 Å². The molecule has 1 N–H and O–H groups in total. The highest BCUT2D eigenvalue weighted by Gasteiger charge is 2.16. The van der Waals surface area contributed by atoms with Crippen molar-refractivity contribution in [1.29, 1.82) is 0 Å². The number of piperidine rings is 1. The van der Waals surface area contributed by atoms with Crippen LogP contribution in [0.2, 0.25) is 0 Å². The fraction of sp³-hybridized carbons (Fsp3) is 0.500. The van der Waals surface area contributed by atoms with Crippen LogP contribution in [0.5, 0.6) is 5.75 Å². The maximum Gasteiger partial charge on any atom is 0.144 e. The van der Waals surface area contributed by atoms with E-state index in [1.807, 2.05) is 18.3 Å². The van der Waals surface area contributed by atoms with Crippen molar-refractivity contribution < 1.29 is 4.74 Å². The molecule has 0 unspecified atom stereocenters. The average molecular weight is 245 g/mol. The van der Waals surface area contributed by atoms with Crippen molar-refractivity contribution in [3.63, 3.8) is 0 Å². The van der Waals surface area contributed by atoms with Gasteiger partial charge in [0.15, 0.2) is 0 Å². The van der Waals surface area contributed by atoms with E-state index < -0.39 is 0 Å². The van der Waals surface area contributed by atoms with Crippen LogP contribution in [-0.4, -0.2) is 29.6 Å². The van der Waals surface area contributed by atoms with Crippen LogP contribution in [0.4, 0.5) is 0 Å². The second-order valence-corrected chi connectivity index (χ2v) is 4.90. The molecule has 2 aromatic heterocycles. The molecule has 3 heterocycles. The maximum absolute atomic E-state index is 5.36. The molecule has 0 amide bonds. The number of fused-ring (bicyclic) bond motifs is 1. The Morgan fingerprint density at radius 2 is 2.28 bits per heavy atom. The normalized spacial score (nSPS) is 17.2. The summed E-state index contributed by atoms with van der Waals surface area (Å²) in [5, 5.41) is 3.40. The molecule has 0 atom stereocenters. The minimum Gasteiger partial charge on any atom is -0.494 e. The molecular weight excluding hydrogens is 226 g/mol. The van der Waals surface area contributed by atoms with Crippen molar-refractivity contribution in [3.8, 4) is 5.75 Å². The zero-order valence-corrected chi connectivity index (χ0v) is 10.7. The van der Waals surface area contributed by atoms with Gasteiger partial charge in [0.25, 0.3) is 0 Å². The van der Waals surface area contributed by atoms with Gasteiger partial charge in [0.05, 0.1) is 13.3 Å². The molecule has 96 valence electrons. The lowest BCUT2D eigenvalue weighted by Gasteiger charge is -2.21. The summed E-state index contributed by atoms with van der Waals surface area (Å²) < 4.78 is 7.51. The number of pyridine rings is 1. The smallest absolute Gasteiger partial charge is 0.144 e. The summed E-state index contributed by atoms with van der Waals surface area (Å²) in [4.78, 5) is 4.56. The molecular formula is C14H19N3O. The summed E-state index contributed by atoms with van der Waals surface area (Å²) in [5.41, 5.74) is 1.06. The topological polar surface area (TPSA) is 38.6 Å². The third-order valence-electron chi connectivity index (χ3n) is 3.76. The average Bonchev–Trinajstić information content (AvgIpc) is 2.83. The monoisotopic (exact) mass is 245 g/mol. The van der Waals surface area contributed by atoms with Crippen LogP contribution in [0.1, 0.15) is 18.7 Å². The van der Waals surface area contributed by atoms with Crippen LogP contribution >= 0.6 is 0 Å². The summed E-state index contributed by atoms with van der Waals surface area (Å²) in [5.74, 6) is 2.79. The van der Waals surface area contributed by atoms with E-state index in [-0.39, 0.29) is 0 Å². The molecule has 3 rings (SSSR count). The first-order valence-corrected chi connectivity index (χ1v) is 6.58. The number of hydrogen-bond donors (Lipinski definition) is 1. The van der Waals surface area contributed by atoms with Crippen molar-refractivity contribution in [2.75, 3.05) is 20.2 Å². The van der Waals surface area contributed by atoms with Crippen molar-refractivity contribution in [3.05, 3.63) is 30.4 Å². The van der Waals surface area contributed by atoms with Gasteiger partial charge in [0, 0.05) is 12.6 Å². The van der Waals surface area contributed by atoms with Crippen LogP contribution in [0.15, 0.2) is 24.5 Å². The summed E-state index contributed by atoms with van der Waals surface area (Å²) in [6.07, 6.45) is 7.54. The number of ether oxygens (including phenoxy) is 1. The Morgan fingerprint density at radius 3 is 3.06 bits per heavy atom. The molecule has 0 radical (unpaired) electrons. The van der Waals surface area contributed by atoms with E-state index in [9.17, 15) is 0 Å². The Kier molecular flexibility index (Phi) is 3.19. The highest BCUT2D eigenvalue weighted by Crippen LogP contribution is 2.23. The van der Waals surface area contributed by atoms with Gasteiger partial charge in [-0.15, -0.1) is 0 Å². The molecule has 0 aromatic carbocycles. The molecule has 1 aliphatic heterocycles. The van der Waals surface area contributed by atoms with Gasteiger partial charge in [-0.2, -0.15) is 0 Å². The predicted molar refractivity (Wildman–Crippen MR) is 71.0 cm³/mol. The van der Waals surface area contributed by atoms with Gasteiger partial charge in [-0.1, -0.05) is 0 Å². The fourth-order valence-electron chi connectivity index (χ4n) is 2.72. The van der Waals surface area contributed by atoms with Crippen molar-refractivity contribution in [1.82, 2.24) is 14.7 Å². The second-order valence-electron chi connectivity index (χ2n) is 4.90. The Morgan fingerprint density at radius 1 is 1.44 bits per heavy atom. The molecule has 4 nitrogen and oxygen atoms in total. The van der Waals surface area contributed by atoms with Gasteiger partial charge in [0.1, 0.15) is 17.1 Å². The van der Waals surface area contributed by atoms with Crippen LogP contribution in [0, 0.1) is 5.92 Å². The van der Waals surface area contributed by atoms with Crippen LogP contribution < -0.4 is 10.1 Å². The molecule has 1 aliphatic rings. The molecule has 0 spiro atoms. The van der Waals surface area contributed by atoms with E-state index in [0.29, 0.717) is 0 Å². The van der Waals surface area contributed by atoms with Crippen molar-refractivity contribution in [2.45, 2.75) is 19.3 Å². The summed E-state index contributed by atoms with van der Waals surface area (Å²) in [6.45, 7) is 2.27. The van der Waals surface area contributed by atoms with Crippen molar-refractivity contribution >= 4 is 5.52 Å². The number of methoxy groups -OCH3 is 1. The minimum absolute atomic E-state index is 0.753. The van der Waals surface area contributed by atoms with Crippen molar-refractivity contribution in [2.24, 2.45) is 5.92 Å². The highest BCUT2D eigenvalue weighted by atomic mass is 16.5. The summed E-state index contributed by atoms with van der Waals surface area (Å²) in [7, 11) is 1.70. The minimum atomic E-state index is 0.753. The Bertz CT molecular complexity index is 529. The number of rotatable bonds is 3. The third kappa shape index (κ3) is 2.08. The fourth-order valence-corrected chi connectivity index (χ4v) is 2.72. The lowest BCUT2D eigenvalue weighted by Crippen LogP contribution is -2.29. The Hall–Kier alpha value is -1.55. The molecule has 0 aliphatic carbocycles. The summed E-state index contributed by atoms with van der Waals surface area (Å²) >= 11 is 0. The lowest BCUT2D eigenvalue weighted by molar-refractivity contribution is 0.366. The first-order chi connectivity index (χ1) is 8.88. The standard InChI is InChI=1S/C14H19N3O/c1-18-13-3-2-8-17-12(13)10-16-14(17)9-11-4-6-15-7-5-11/h2-3,8,10-11,15H,4-7,9H2,1H3. The third-order valence-corrected chi connectivity index (χ3v) is 3.76. The van der Waals surface area contributed by atoms with Gasteiger partial charge < -0.3 is 14.5 Å². The van der Waals surface area contributed by atoms with Gasteiger partial charge in [0.2, 0.25) is 0 Å². The first-order valence-electron chi connectivity index (χ1n) is 6.58. The lowest BCUT2D eigenvalue weighted by atomic mass is 9.94. The molecule has 2 aromatic rings. The first kappa shape index (κ1) is 11.5. The van der Waals surface area contributed by atoms with Crippen LogP contribution in [0.3, 0.4) is 0 Å². The van der Waals surface area contributed by atoms with Crippen LogP contribution in [0.25, 0.3) is 5.52 Å². The van der Waals surface area contributed by atoms with Gasteiger partial charge in [-0.3, -0.25) is 0 Å². The largest absolute Gasteiger partial charge is 0.494 e. The number of nitrogens with one attached hydrogen (secondary N) is 1. The number of nitrogens with zero attached hydrogens (tertiary/aromatic N) is 2. The predicted octanol–water partition coefficient (Wildman–Crippen LogP) is 1.88. The number of imidazole rings is 1. The van der Waals surface area contributed by atoms with Gasteiger partial charge >= 0.3 is 0 Å². The van der Waals surface area contributed by atoms with Gasteiger partial charge in [-0.25, -0.2) is 4.98 Å². The molecule has 1 saturated heterocycles. The zero-order chi connectivity index (χ0) is 12.4. The number of aromatic nitrogens is 2. The SMILES string of the molecule is COc1cccn2c(CC3CCNCC3)ncc12. The van der Waals surface area contributed by atoms with E-state index in [4.69, 9.17) is 4.74 Å². The molecule has 0 bridgehead atoms.